The number of fused-ring (bicyclic) bond motifs is 2. The van der Waals surface area contributed by atoms with Crippen molar-refractivity contribution >= 4 is 27.6 Å². The molecule has 2 aromatic carbocycles. The minimum absolute atomic E-state index is 0.145. The number of ether oxygens (including phenoxy) is 1. The molecule has 2 atom stereocenters. The third-order valence-corrected chi connectivity index (χ3v) is 6.18. The molecule has 0 radical (unpaired) electrons. The first-order valence-corrected chi connectivity index (χ1v) is 10.7. The normalized spacial score (nSPS) is 21.5. The molecule has 2 heterocycles. The summed E-state index contributed by atoms with van der Waals surface area (Å²) in [4.78, 5) is 14.8. The standard InChI is InChI=1S/C23H24BrNO2/c24-15-17-9-11-19(12-10-17)20-13-21-7-4-8-22(14-20)25(21)23(26)27-16-18-5-2-1-3-6-18/h1-3,5-6,9-13,21-22H,4,7-8,14-16H2. The number of rotatable bonds is 4. The van der Waals surface area contributed by atoms with Gasteiger partial charge in [0.15, 0.2) is 0 Å². The number of hydrogen-bond donors (Lipinski definition) is 0. The SMILES string of the molecule is O=C(OCc1ccccc1)N1C2C=C(c3ccc(CBr)cc3)CC1CCC2. The summed E-state index contributed by atoms with van der Waals surface area (Å²) in [7, 11) is 0. The first-order valence-electron chi connectivity index (χ1n) is 9.59. The molecule has 1 amide bonds. The Morgan fingerprint density at radius 3 is 2.52 bits per heavy atom. The predicted molar refractivity (Wildman–Crippen MR) is 112 cm³/mol. The van der Waals surface area contributed by atoms with Crippen LogP contribution in [-0.2, 0) is 16.7 Å². The van der Waals surface area contributed by atoms with Crippen LogP contribution >= 0.6 is 15.9 Å². The highest BCUT2D eigenvalue weighted by atomic mass is 79.9. The fourth-order valence-corrected chi connectivity index (χ4v) is 4.50. The van der Waals surface area contributed by atoms with Crippen molar-refractivity contribution in [3.05, 3.63) is 77.4 Å². The van der Waals surface area contributed by atoms with E-state index in [0.29, 0.717) is 6.61 Å². The third kappa shape index (κ3) is 4.11. The highest BCUT2D eigenvalue weighted by molar-refractivity contribution is 9.08. The van der Waals surface area contributed by atoms with Crippen LogP contribution in [0.1, 0.15) is 42.4 Å². The van der Waals surface area contributed by atoms with E-state index in [2.05, 4.69) is 46.3 Å². The summed E-state index contributed by atoms with van der Waals surface area (Å²) in [6, 6.07) is 19.0. The van der Waals surface area contributed by atoms with Gasteiger partial charge in [-0.05, 0) is 47.9 Å². The van der Waals surface area contributed by atoms with Crippen LogP contribution in [0.15, 0.2) is 60.7 Å². The molecule has 4 heteroatoms. The van der Waals surface area contributed by atoms with Crippen LogP contribution in [0.5, 0.6) is 0 Å². The zero-order valence-corrected chi connectivity index (χ0v) is 16.9. The van der Waals surface area contributed by atoms with E-state index in [-0.39, 0.29) is 18.2 Å². The molecule has 2 aliphatic rings. The Morgan fingerprint density at radius 2 is 1.81 bits per heavy atom. The van der Waals surface area contributed by atoms with Crippen LogP contribution in [0.4, 0.5) is 4.79 Å². The molecule has 4 rings (SSSR count). The summed E-state index contributed by atoms with van der Waals surface area (Å²) >= 11 is 3.50. The number of amides is 1. The van der Waals surface area contributed by atoms with Crippen LogP contribution in [0.25, 0.3) is 5.57 Å². The largest absolute Gasteiger partial charge is 0.445 e. The number of alkyl halides is 1. The number of carbonyl (C=O) groups excluding carboxylic acids is 1. The van der Waals surface area contributed by atoms with E-state index in [0.717, 1.165) is 30.2 Å². The lowest BCUT2D eigenvalue weighted by atomic mass is 9.83. The zero-order valence-electron chi connectivity index (χ0n) is 15.3. The molecule has 0 aliphatic carbocycles. The van der Waals surface area contributed by atoms with E-state index in [1.54, 1.807) is 0 Å². The Balaban J connectivity index is 1.48. The molecule has 140 valence electrons. The third-order valence-electron chi connectivity index (χ3n) is 5.53. The average Bonchev–Trinajstić information content (AvgIpc) is 2.72. The van der Waals surface area contributed by atoms with Gasteiger partial charge in [0.1, 0.15) is 6.61 Å². The number of piperidine rings is 1. The van der Waals surface area contributed by atoms with Crippen molar-refractivity contribution in [2.24, 2.45) is 0 Å². The number of benzene rings is 2. The summed E-state index contributed by atoms with van der Waals surface area (Å²) in [5.41, 5.74) is 4.93. The first kappa shape index (κ1) is 18.3. The molecular formula is C23H24BrNO2. The topological polar surface area (TPSA) is 29.5 Å². The van der Waals surface area contributed by atoms with E-state index < -0.39 is 0 Å². The maximum Gasteiger partial charge on any atom is 0.410 e. The minimum Gasteiger partial charge on any atom is -0.445 e. The predicted octanol–water partition coefficient (Wildman–Crippen LogP) is 5.93. The number of nitrogens with zero attached hydrogens (tertiary/aromatic N) is 1. The average molecular weight is 426 g/mol. The van der Waals surface area contributed by atoms with E-state index in [1.165, 1.54) is 23.1 Å². The van der Waals surface area contributed by atoms with Gasteiger partial charge >= 0.3 is 6.09 Å². The molecule has 2 unspecified atom stereocenters. The maximum absolute atomic E-state index is 12.8. The van der Waals surface area contributed by atoms with Crippen LogP contribution < -0.4 is 0 Å². The molecule has 0 aromatic heterocycles. The van der Waals surface area contributed by atoms with Gasteiger partial charge in [0.25, 0.3) is 0 Å². The van der Waals surface area contributed by atoms with Gasteiger partial charge in [0.2, 0.25) is 0 Å². The van der Waals surface area contributed by atoms with Gasteiger partial charge in [-0.15, -0.1) is 0 Å². The van der Waals surface area contributed by atoms with Crippen molar-refractivity contribution in [1.82, 2.24) is 4.90 Å². The molecule has 2 bridgehead atoms. The molecule has 2 aliphatic heterocycles. The summed E-state index contributed by atoms with van der Waals surface area (Å²) in [5, 5.41) is 0.874. The minimum atomic E-state index is -0.182. The van der Waals surface area contributed by atoms with Gasteiger partial charge in [0, 0.05) is 11.4 Å². The van der Waals surface area contributed by atoms with Crippen LogP contribution in [0.3, 0.4) is 0 Å². The molecule has 1 fully saturated rings. The second-order valence-electron chi connectivity index (χ2n) is 7.33. The Labute approximate surface area is 169 Å². The summed E-state index contributed by atoms with van der Waals surface area (Å²) in [5.74, 6) is 0. The Hall–Kier alpha value is -2.07. The monoisotopic (exact) mass is 425 g/mol. The first-order chi connectivity index (χ1) is 13.2. The molecule has 2 aromatic rings. The van der Waals surface area contributed by atoms with Crippen molar-refractivity contribution in [2.75, 3.05) is 0 Å². The van der Waals surface area contributed by atoms with Crippen molar-refractivity contribution in [2.45, 2.75) is 49.7 Å². The fourth-order valence-electron chi connectivity index (χ4n) is 4.13. The smallest absolute Gasteiger partial charge is 0.410 e. The lowest BCUT2D eigenvalue weighted by Gasteiger charge is -2.44. The van der Waals surface area contributed by atoms with Gasteiger partial charge in [-0.1, -0.05) is 76.6 Å². The quantitative estimate of drug-likeness (QED) is 0.568. The fraction of sp³-hybridized carbons (Fsp3) is 0.348. The second-order valence-corrected chi connectivity index (χ2v) is 7.89. The Kier molecular flexibility index (Phi) is 5.63. The van der Waals surface area contributed by atoms with E-state index in [9.17, 15) is 4.79 Å². The number of carbonyl (C=O) groups is 1. The molecule has 27 heavy (non-hydrogen) atoms. The molecule has 0 spiro atoms. The van der Waals surface area contributed by atoms with Crippen molar-refractivity contribution < 1.29 is 9.53 Å². The van der Waals surface area contributed by atoms with E-state index in [1.807, 2.05) is 35.2 Å². The number of halogens is 1. The summed E-state index contributed by atoms with van der Waals surface area (Å²) in [6.07, 6.45) is 6.24. The lowest BCUT2D eigenvalue weighted by Crippen LogP contribution is -2.51. The van der Waals surface area contributed by atoms with Crippen LogP contribution in [0, 0.1) is 0 Å². The molecular weight excluding hydrogens is 402 g/mol. The Bertz CT molecular complexity index is 816. The van der Waals surface area contributed by atoms with Gasteiger partial charge in [-0.2, -0.15) is 0 Å². The van der Waals surface area contributed by atoms with Crippen LogP contribution in [-0.4, -0.2) is 23.1 Å². The zero-order chi connectivity index (χ0) is 18.6. The van der Waals surface area contributed by atoms with E-state index in [4.69, 9.17) is 4.74 Å². The van der Waals surface area contributed by atoms with Crippen molar-refractivity contribution in [1.29, 1.82) is 0 Å². The molecule has 3 nitrogen and oxygen atoms in total. The van der Waals surface area contributed by atoms with E-state index >= 15 is 0 Å². The maximum atomic E-state index is 12.8. The second kappa shape index (κ2) is 8.30. The number of hydrogen-bond acceptors (Lipinski definition) is 2. The highest BCUT2D eigenvalue weighted by Crippen LogP contribution is 2.37. The van der Waals surface area contributed by atoms with Gasteiger partial charge < -0.3 is 4.74 Å². The molecule has 0 saturated carbocycles. The van der Waals surface area contributed by atoms with Gasteiger partial charge in [0.05, 0.1) is 6.04 Å². The summed E-state index contributed by atoms with van der Waals surface area (Å²) < 4.78 is 5.63. The van der Waals surface area contributed by atoms with Gasteiger partial charge in [-0.25, -0.2) is 4.79 Å². The van der Waals surface area contributed by atoms with Crippen LogP contribution in [0.2, 0.25) is 0 Å². The van der Waals surface area contributed by atoms with Gasteiger partial charge in [-0.3, -0.25) is 4.90 Å². The lowest BCUT2D eigenvalue weighted by molar-refractivity contribution is 0.0510. The van der Waals surface area contributed by atoms with Crippen molar-refractivity contribution in [3.63, 3.8) is 0 Å². The molecule has 0 N–H and O–H groups in total. The summed E-state index contributed by atoms with van der Waals surface area (Å²) in [6.45, 7) is 0.334. The Morgan fingerprint density at radius 1 is 1.04 bits per heavy atom. The molecule has 1 saturated heterocycles. The van der Waals surface area contributed by atoms with Crippen molar-refractivity contribution in [3.8, 4) is 0 Å². The highest BCUT2D eigenvalue weighted by Gasteiger charge is 2.38.